The van der Waals surface area contributed by atoms with Crippen molar-refractivity contribution in [2.45, 2.75) is 32.4 Å². The number of amides is 2. The zero-order valence-electron chi connectivity index (χ0n) is 17.5. The van der Waals surface area contributed by atoms with Crippen LogP contribution in [0.15, 0.2) is 42.5 Å². The van der Waals surface area contributed by atoms with Crippen LogP contribution in [0.4, 0.5) is 18.9 Å². The van der Waals surface area contributed by atoms with Gasteiger partial charge in [-0.25, -0.2) is 0 Å². The molecular weight excluding hydrogens is 425 g/mol. The Labute approximate surface area is 184 Å². The van der Waals surface area contributed by atoms with Crippen molar-refractivity contribution in [1.29, 1.82) is 0 Å². The molecule has 1 aliphatic rings. The zero-order valence-corrected chi connectivity index (χ0v) is 18.3. The Morgan fingerprint density at radius 3 is 2.32 bits per heavy atom. The Balaban J connectivity index is 1.60. The number of carbonyl (C=O) groups excluding carboxylic acids is 2. The lowest BCUT2D eigenvalue weighted by Crippen LogP contribution is -2.37. The minimum Gasteiger partial charge on any atom is -0.337 e. The number of hydrogen-bond donors (Lipinski definition) is 1. The van der Waals surface area contributed by atoms with Gasteiger partial charge in [0.05, 0.1) is 5.56 Å². The van der Waals surface area contributed by atoms with E-state index in [1.807, 2.05) is 23.6 Å². The fourth-order valence-electron chi connectivity index (χ4n) is 3.48. The van der Waals surface area contributed by atoms with E-state index >= 15 is 0 Å². The van der Waals surface area contributed by atoms with Gasteiger partial charge in [-0.1, -0.05) is 19.1 Å². The maximum absolute atomic E-state index is 12.7. The second-order valence-corrected chi connectivity index (χ2v) is 8.93. The predicted molar refractivity (Wildman–Crippen MR) is 118 cm³/mol. The molecule has 1 atom stereocenters. The molecule has 1 N–H and O–H groups in total. The fraction of sp³-hybridized carbons (Fsp3) is 0.391. The van der Waals surface area contributed by atoms with Crippen molar-refractivity contribution in [1.82, 2.24) is 4.90 Å². The Bertz CT molecular complexity index is 939. The van der Waals surface area contributed by atoms with Crippen LogP contribution >= 0.6 is 11.8 Å². The van der Waals surface area contributed by atoms with Crippen LogP contribution < -0.4 is 5.32 Å². The highest BCUT2D eigenvalue weighted by atomic mass is 32.2. The highest BCUT2D eigenvalue weighted by Crippen LogP contribution is 2.31. The maximum atomic E-state index is 12.7. The van der Waals surface area contributed by atoms with E-state index in [0.29, 0.717) is 16.8 Å². The quantitative estimate of drug-likeness (QED) is 0.669. The van der Waals surface area contributed by atoms with Crippen LogP contribution in [0, 0.1) is 6.92 Å². The van der Waals surface area contributed by atoms with Gasteiger partial charge in [-0.2, -0.15) is 24.9 Å². The first-order chi connectivity index (χ1) is 14.6. The summed E-state index contributed by atoms with van der Waals surface area (Å²) in [5.74, 6) is 1.41. The number of benzene rings is 2. The Hall–Kier alpha value is -2.48. The molecule has 4 nitrogen and oxygen atoms in total. The summed E-state index contributed by atoms with van der Waals surface area (Å²) in [6.45, 7) is 5.11. The number of halogens is 3. The average molecular weight is 451 g/mol. The third-order valence-corrected chi connectivity index (χ3v) is 6.29. The fourth-order valence-corrected chi connectivity index (χ4v) is 4.39. The first-order valence-corrected chi connectivity index (χ1v) is 11.3. The van der Waals surface area contributed by atoms with Gasteiger partial charge in [0, 0.05) is 42.3 Å². The van der Waals surface area contributed by atoms with Gasteiger partial charge in [0.2, 0.25) is 5.91 Å². The largest absolute Gasteiger partial charge is 0.416 e. The van der Waals surface area contributed by atoms with Crippen molar-refractivity contribution in [2.75, 3.05) is 29.9 Å². The maximum Gasteiger partial charge on any atom is 0.416 e. The number of hydrogen-bond acceptors (Lipinski definition) is 3. The minimum absolute atomic E-state index is 0.00259. The molecule has 0 spiro atoms. The van der Waals surface area contributed by atoms with Gasteiger partial charge in [-0.15, -0.1) is 0 Å². The summed E-state index contributed by atoms with van der Waals surface area (Å²) in [5.41, 5.74) is 1.96. The second-order valence-electron chi connectivity index (χ2n) is 7.71. The lowest BCUT2D eigenvalue weighted by atomic mass is 9.96. The van der Waals surface area contributed by atoms with Crippen molar-refractivity contribution in [3.05, 3.63) is 64.7 Å². The lowest BCUT2D eigenvalue weighted by molar-refractivity contribution is -0.137. The van der Waals surface area contributed by atoms with Gasteiger partial charge in [0.25, 0.3) is 5.91 Å². The SMILES string of the molecule is Cc1cc(C(=O)N2CCSCC2)ccc1NC(=O)CC(C)c1ccc(C(F)(F)F)cc1. The number of anilines is 1. The molecule has 166 valence electrons. The third-order valence-electron chi connectivity index (χ3n) is 5.34. The molecule has 1 heterocycles. The summed E-state index contributed by atoms with van der Waals surface area (Å²) in [6.07, 6.45) is -4.24. The predicted octanol–water partition coefficient (Wildman–Crippen LogP) is 5.34. The molecular formula is C23H25F3N2O2S. The number of alkyl halides is 3. The summed E-state index contributed by atoms with van der Waals surface area (Å²) in [7, 11) is 0. The Morgan fingerprint density at radius 2 is 1.74 bits per heavy atom. The van der Waals surface area contributed by atoms with E-state index in [-0.39, 0.29) is 24.2 Å². The molecule has 0 radical (unpaired) electrons. The second kappa shape index (κ2) is 9.77. The summed E-state index contributed by atoms with van der Waals surface area (Å²) < 4.78 is 38.1. The smallest absolute Gasteiger partial charge is 0.337 e. The van der Waals surface area contributed by atoms with Gasteiger partial charge in [-0.3, -0.25) is 9.59 Å². The number of nitrogens with zero attached hydrogens (tertiary/aromatic N) is 1. The summed E-state index contributed by atoms with van der Waals surface area (Å²) >= 11 is 1.84. The molecule has 31 heavy (non-hydrogen) atoms. The molecule has 2 aromatic rings. The molecule has 3 rings (SSSR count). The van der Waals surface area contributed by atoms with Crippen molar-refractivity contribution in [2.24, 2.45) is 0 Å². The van der Waals surface area contributed by atoms with Crippen molar-refractivity contribution >= 4 is 29.3 Å². The zero-order chi connectivity index (χ0) is 22.6. The molecule has 1 saturated heterocycles. The first-order valence-electron chi connectivity index (χ1n) is 10.1. The highest BCUT2D eigenvalue weighted by Gasteiger charge is 2.30. The molecule has 1 aliphatic heterocycles. The number of aryl methyl sites for hydroxylation is 1. The van der Waals surface area contributed by atoms with E-state index in [1.165, 1.54) is 12.1 Å². The highest BCUT2D eigenvalue weighted by molar-refractivity contribution is 7.99. The molecule has 0 bridgehead atoms. The van der Waals surface area contributed by atoms with Gasteiger partial charge in [0.1, 0.15) is 0 Å². The van der Waals surface area contributed by atoms with Gasteiger partial charge >= 0.3 is 6.18 Å². The first kappa shape index (κ1) is 23.2. The van der Waals surface area contributed by atoms with E-state index in [9.17, 15) is 22.8 Å². The van der Waals surface area contributed by atoms with Gasteiger partial charge < -0.3 is 10.2 Å². The van der Waals surface area contributed by atoms with Crippen LogP contribution in [0.5, 0.6) is 0 Å². The normalized spacial score (nSPS) is 15.5. The van der Waals surface area contributed by atoms with E-state index < -0.39 is 11.7 Å². The topological polar surface area (TPSA) is 49.4 Å². The van der Waals surface area contributed by atoms with E-state index in [2.05, 4.69) is 5.32 Å². The van der Waals surface area contributed by atoms with Crippen LogP contribution in [0.3, 0.4) is 0 Å². The molecule has 2 aromatic carbocycles. The van der Waals surface area contributed by atoms with Crippen molar-refractivity contribution in [3.63, 3.8) is 0 Å². The van der Waals surface area contributed by atoms with Gasteiger partial charge in [-0.05, 0) is 54.3 Å². The minimum atomic E-state index is -4.38. The van der Waals surface area contributed by atoms with Gasteiger partial charge in [0.15, 0.2) is 0 Å². The molecule has 0 aromatic heterocycles. The Morgan fingerprint density at radius 1 is 1.10 bits per heavy atom. The number of rotatable bonds is 5. The molecule has 8 heteroatoms. The van der Waals surface area contributed by atoms with Crippen LogP contribution in [0.1, 0.15) is 46.3 Å². The van der Waals surface area contributed by atoms with Crippen molar-refractivity contribution < 1.29 is 22.8 Å². The summed E-state index contributed by atoms with van der Waals surface area (Å²) in [5, 5.41) is 2.85. The van der Waals surface area contributed by atoms with E-state index in [0.717, 1.165) is 42.3 Å². The van der Waals surface area contributed by atoms with Crippen LogP contribution in [0.25, 0.3) is 0 Å². The summed E-state index contributed by atoms with van der Waals surface area (Å²) in [6, 6.07) is 10.1. The standard InChI is InChI=1S/C23H25F3N2O2S/c1-15(17-3-6-19(7-4-17)23(24,25)26)14-21(29)27-20-8-5-18(13-16(20)2)22(30)28-9-11-31-12-10-28/h3-8,13,15H,9-12,14H2,1-2H3,(H,27,29). The molecule has 1 fully saturated rings. The van der Waals surface area contributed by atoms with Crippen LogP contribution in [-0.2, 0) is 11.0 Å². The number of carbonyl (C=O) groups is 2. The molecule has 1 unspecified atom stereocenters. The molecule has 2 amide bonds. The van der Waals surface area contributed by atoms with Crippen LogP contribution in [-0.4, -0.2) is 41.3 Å². The number of nitrogens with one attached hydrogen (secondary N) is 1. The van der Waals surface area contributed by atoms with Crippen LogP contribution in [0.2, 0.25) is 0 Å². The monoisotopic (exact) mass is 450 g/mol. The Kier molecular flexibility index (Phi) is 7.30. The molecule has 0 saturated carbocycles. The number of thioether (sulfide) groups is 1. The molecule has 0 aliphatic carbocycles. The van der Waals surface area contributed by atoms with E-state index in [4.69, 9.17) is 0 Å². The third kappa shape index (κ3) is 6.03. The average Bonchev–Trinajstić information content (AvgIpc) is 2.74. The van der Waals surface area contributed by atoms with E-state index in [1.54, 1.807) is 25.1 Å². The van der Waals surface area contributed by atoms with Crippen molar-refractivity contribution in [3.8, 4) is 0 Å². The summed E-state index contributed by atoms with van der Waals surface area (Å²) in [4.78, 5) is 26.9. The lowest BCUT2D eigenvalue weighted by Gasteiger charge is -2.26.